The van der Waals surface area contributed by atoms with Crippen LogP contribution in [0.25, 0.3) is 5.69 Å². The second-order valence-corrected chi connectivity index (χ2v) is 5.16. The molecule has 1 aromatic heterocycles. The molecule has 0 unspecified atom stereocenters. The quantitative estimate of drug-likeness (QED) is 0.577. The van der Waals surface area contributed by atoms with E-state index in [2.05, 4.69) is 68.7 Å². The number of benzene rings is 1. The molecule has 1 heterocycles. The number of alkyl halides is 1. The van der Waals surface area contributed by atoms with Crippen LogP contribution in [0.15, 0.2) is 30.6 Å². The van der Waals surface area contributed by atoms with Crippen LogP contribution in [-0.2, 0) is 5.33 Å². The molecule has 0 aliphatic rings. The second kappa shape index (κ2) is 4.65. The van der Waals surface area contributed by atoms with Crippen LogP contribution in [0.4, 0.5) is 0 Å². The Morgan fingerprint density at radius 3 is 2.80 bits per heavy atom. The molecule has 78 valence electrons. The van der Waals surface area contributed by atoms with Crippen LogP contribution in [-0.4, -0.2) is 9.78 Å². The summed E-state index contributed by atoms with van der Waals surface area (Å²) in [5.74, 6) is 0. The van der Waals surface area contributed by atoms with Gasteiger partial charge in [0.05, 0.1) is 15.5 Å². The third-order valence-corrected chi connectivity index (χ3v) is 3.42. The molecule has 0 radical (unpaired) electrons. The Labute approximate surface area is 111 Å². The minimum absolute atomic E-state index is 0.894. The summed E-state index contributed by atoms with van der Waals surface area (Å²) in [5, 5.41) is 5.19. The average molecular weight is 377 g/mol. The molecule has 0 saturated heterocycles. The summed E-state index contributed by atoms with van der Waals surface area (Å²) >= 11 is 5.72. The van der Waals surface area contributed by atoms with Gasteiger partial charge >= 0.3 is 0 Å². The maximum Gasteiger partial charge on any atom is 0.0675 e. The highest BCUT2D eigenvalue weighted by molar-refractivity contribution is 14.1. The van der Waals surface area contributed by atoms with Crippen molar-refractivity contribution in [3.63, 3.8) is 0 Å². The molecular weight excluding hydrogens is 367 g/mol. The summed E-state index contributed by atoms with van der Waals surface area (Å²) in [5.41, 5.74) is 3.67. The molecule has 0 N–H and O–H groups in total. The van der Waals surface area contributed by atoms with Gasteiger partial charge in [-0.1, -0.05) is 28.1 Å². The van der Waals surface area contributed by atoms with Gasteiger partial charge in [-0.3, -0.25) is 0 Å². The Hall–Kier alpha value is -0.360. The molecule has 0 saturated carbocycles. The SMILES string of the molecule is Cc1cc(CBr)ccc1-n1cc(I)cn1. The Morgan fingerprint density at radius 1 is 1.47 bits per heavy atom. The van der Waals surface area contributed by atoms with Gasteiger partial charge in [0, 0.05) is 11.5 Å². The molecule has 15 heavy (non-hydrogen) atoms. The van der Waals surface area contributed by atoms with Crippen LogP contribution in [0.5, 0.6) is 0 Å². The fraction of sp³-hybridized carbons (Fsp3) is 0.182. The van der Waals surface area contributed by atoms with Crippen molar-refractivity contribution in [2.45, 2.75) is 12.3 Å². The van der Waals surface area contributed by atoms with Crippen LogP contribution in [0, 0.1) is 10.5 Å². The van der Waals surface area contributed by atoms with Crippen molar-refractivity contribution in [2.75, 3.05) is 0 Å². The topological polar surface area (TPSA) is 17.8 Å². The van der Waals surface area contributed by atoms with Gasteiger partial charge in [0.2, 0.25) is 0 Å². The Morgan fingerprint density at radius 2 is 2.27 bits per heavy atom. The van der Waals surface area contributed by atoms with Gasteiger partial charge in [-0.15, -0.1) is 0 Å². The predicted molar refractivity (Wildman–Crippen MR) is 73.6 cm³/mol. The fourth-order valence-electron chi connectivity index (χ4n) is 1.49. The molecular formula is C11H10BrIN2. The van der Waals surface area contributed by atoms with E-state index in [1.54, 1.807) is 0 Å². The highest BCUT2D eigenvalue weighted by Crippen LogP contribution is 2.17. The number of rotatable bonds is 2. The van der Waals surface area contributed by atoms with Crippen molar-refractivity contribution < 1.29 is 0 Å². The lowest BCUT2D eigenvalue weighted by Crippen LogP contribution is -1.97. The van der Waals surface area contributed by atoms with Crippen molar-refractivity contribution in [1.82, 2.24) is 9.78 Å². The van der Waals surface area contributed by atoms with Gasteiger partial charge in [-0.25, -0.2) is 4.68 Å². The minimum Gasteiger partial charge on any atom is -0.240 e. The zero-order valence-electron chi connectivity index (χ0n) is 8.24. The highest BCUT2D eigenvalue weighted by atomic mass is 127. The van der Waals surface area contributed by atoms with E-state index in [-0.39, 0.29) is 0 Å². The lowest BCUT2D eigenvalue weighted by molar-refractivity contribution is 0.872. The summed E-state index contributed by atoms with van der Waals surface area (Å²) in [6.45, 7) is 2.11. The molecule has 4 heteroatoms. The van der Waals surface area contributed by atoms with Crippen molar-refractivity contribution >= 4 is 38.5 Å². The van der Waals surface area contributed by atoms with Crippen LogP contribution < -0.4 is 0 Å². The molecule has 0 aliphatic heterocycles. The number of aryl methyl sites for hydroxylation is 1. The number of aromatic nitrogens is 2. The first kappa shape index (κ1) is 11.1. The number of hydrogen-bond donors (Lipinski definition) is 0. The van der Waals surface area contributed by atoms with Gasteiger partial charge < -0.3 is 0 Å². The average Bonchev–Trinajstić information content (AvgIpc) is 2.64. The number of halogens is 2. The van der Waals surface area contributed by atoms with Crippen LogP contribution >= 0.6 is 38.5 Å². The molecule has 0 bridgehead atoms. The molecule has 0 aliphatic carbocycles. The third-order valence-electron chi connectivity index (χ3n) is 2.21. The lowest BCUT2D eigenvalue weighted by Gasteiger charge is -2.06. The van der Waals surface area contributed by atoms with E-state index < -0.39 is 0 Å². The predicted octanol–water partition coefficient (Wildman–Crippen LogP) is 3.68. The number of nitrogens with zero attached hydrogens (tertiary/aromatic N) is 2. The lowest BCUT2D eigenvalue weighted by atomic mass is 10.1. The smallest absolute Gasteiger partial charge is 0.0675 e. The first-order valence-corrected chi connectivity index (χ1v) is 6.77. The molecule has 0 amide bonds. The summed E-state index contributed by atoms with van der Waals surface area (Å²) in [6, 6.07) is 6.40. The highest BCUT2D eigenvalue weighted by Gasteiger charge is 2.03. The van der Waals surface area contributed by atoms with Crippen molar-refractivity contribution in [2.24, 2.45) is 0 Å². The van der Waals surface area contributed by atoms with Crippen molar-refractivity contribution in [3.8, 4) is 5.69 Å². The maximum atomic E-state index is 4.30. The summed E-state index contributed by atoms with van der Waals surface area (Å²) < 4.78 is 3.06. The minimum atomic E-state index is 0.894. The Kier molecular flexibility index (Phi) is 3.45. The molecule has 2 rings (SSSR count). The molecule has 1 aromatic carbocycles. The summed E-state index contributed by atoms with van der Waals surface area (Å²) in [4.78, 5) is 0. The fourth-order valence-corrected chi connectivity index (χ4v) is 2.23. The first-order chi connectivity index (χ1) is 7.20. The van der Waals surface area contributed by atoms with Gasteiger partial charge in [0.15, 0.2) is 0 Å². The summed E-state index contributed by atoms with van der Waals surface area (Å²) in [6.07, 6.45) is 3.88. The molecule has 2 nitrogen and oxygen atoms in total. The second-order valence-electron chi connectivity index (χ2n) is 3.36. The van der Waals surface area contributed by atoms with E-state index in [1.807, 2.05) is 17.1 Å². The van der Waals surface area contributed by atoms with Crippen LogP contribution in [0.1, 0.15) is 11.1 Å². The van der Waals surface area contributed by atoms with Gasteiger partial charge in [0.1, 0.15) is 0 Å². The zero-order chi connectivity index (χ0) is 10.8. The Bertz CT molecular complexity index is 479. The first-order valence-electron chi connectivity index (χ1n) is 4.57. The van der Waals surface area contributed by atoms with Crippen LogP contribution in [0.3, 0.4) is 0 Å². The summed E-state index contributed by atoms with van der Waals surface area (Å²) in [7, 11) is 0. The monoisotopic (exact) mass is 376 g/mol. The van der Waals surface area contributed by atoms with E-state index in [0.29, 0.717) is 0 Å². The van der Waals surface area contributed by atoms with Crippen molar-refractivity contribution in [1.29, 1.82) is 0 Å². The Balaban J connectivity index is 2.45. The van der Waals surface area contributed by atoms with Crippen LogP contribution in [0.2, 0.25) is 0 Å². The van der Waals surface area contributed by atoms with Gasteiger partial charge in [-0.05, 0) is 46.7 Å². The molecule has 2 aromatic rings. The zero-order valence-corrected chi connectivity index (χ0v) is 12.0. The third kappa shape index (κ3) is 2.42. The number of hydrogen-bond acceptors (Lipinski definition) is 1. The molecule has 0 atom stereocenters. The van der Waals surface area contributed by atoms with E-state index >= 15 is 0 Å². The van der Waals surface area contributed by atoms with E-state index in [0.717, 1.165) is 14.6 Å². The maximum absolute atomic E-state index is 4.30. The normalized spacial score (nSPS) is 10.6. The van der Waals surface area contributed by atoms with E-state index in [1.165, 1.54) is 11.1 Å². The van der Waals surface area contributed by atoms with E-state index in [9.17, 15) is 0 Å². The van der Waals surface area contributed by atoms with Gasteiger partial charge in [-0.2, -0.15) is 5.10 Å². The standard InChI is InChI=1S/C11H10BrIN2/c1-8-4-9(5-12)2-3-11(8)15-7-10(13)6-14-15/h2-4,6-7H,5H2,1H3. The molecule has 0 spiro atoms. The largest absolute Gasteiger partial charge is 0.240 e. The van der Waals surface area contributed by atoms with Gasteiger partial charge in [0.25, 0.3) is 0 Å². The molecule has 0 fully saturated rings. The van der Waals surface area contributed by atoms with Crippen molar-refractivity contribution in [3.05, 3.63) is 45.3 Å². The van der Waals surface area contributed by atoms with E-state index in [4.69, 9.17) is 0 Å².